The second-order valence-corrected chi connectivity index (χ2v) is 4.13. The van der Waals surface area contributed by atoms with Crippen molar-refractivity contribution >= 4 is 17.6 Å². The Balaban J connectivity index is 2.93. The van der Waals surface area contributed by atoms with Gasteiger partial charge < -0.3 is 9.84 Å². The SMILES string of the molecule is CC(C)C(Oc1cc(Cl)ccc1F)C(=O)O. The van der Waals surface area contributed by atoms with Gasteiger partial charge in [0.1, 0.15) is 0 Å². The maximum Gasteiger partial charge on any atom is 0.345 e. The van der Waals surface area contributed by atoms with Gasteiger partial charge in [-0.25, -0.2) is 9.18 Å². The highest BCUT2D eigenvalue weighted by Crippen LogP contribution is 2.24. The topological polar surface area (TPSA) is 46.5 Å². The number of carboxylic acid groups (broad SMARTS) is 1. The maximum absolute atomic E-state index is 13.3. The van der Waals surface area contributed by atoms with Crippen molar-refractivity contribution in [2.24, 2.45) is 5.92 Å². The zero-order chi connectivity index (χ0) is 12.3. The van der Waals surface area contributed by atoms with Gasteiger partial charge in [0, 0.05) is 17.0 Å². The van der Waals surface area contributed by atoms with Gasteiger partial charge >= 0.3 is 5.97 Å². The summed E-state index contributed by atoms with van der Waals surface area (Å²) in [7, 11) is 0. The van der Waals surface area contributed by atoms with E-state index in [9.17, 15) is 9.18 Å². The van der Waals surface area contributed by atoms with Gasteiger partial charge in [-0.3, -0.25) is 0 Å². The van der Waals surface area contributed by atoms with Crippen molar-refractivity contribution in [1.82, 2.24) is 0 Å². The fourth-order valence-corrected chi connectivity index (χ4v) is 1.34. The summed E-state index contributed by atoms with van der Waals surface area (Å²) in [5.41, 5.74) is 0. The van der Waals surface area contributed by atoms with Crippen LogP contribution in [0.3, 0.4) is 0 Å². The highest BCUT2D eigenvalue weighted by atomic mass is 35.5. The Labute approximate surface area is 97.8 Å². The van der Waals surface area contributed by atoms with Gasteiger partial charge in [-0.05, 0) is 12.1 Å². The van der Waals surface area contributed by atoms with Crippen molar-refractivity contribution in [3.05, 3.63) is 29.0 Å². The minimum atomic E-state index is -1.13. The summed E-state index contributed by atoms with van der Waals surface area (Å²) in [5, 5.41) is 9.18. The number of aliphatic carboxylic acids is 1. The molecule has 0 spiro atoms. The van der Waals surface area contributed by atoms with E-state index >= 15 is 0 Å². The van der Waals surface area contributed by atoms with E-state index in [4.69, 9.17) is 21.4 Å². The van der Waals surface area contributed by atoms with Crippen molar-refractivity contribution < 1.29 is 19.0 Å². The summed E-state index contributed by atoms with van der Waals surface area (Å²) >= 11 is 5.67. The summed E-state index contributed by atoms with van der Waals surface area (Å²) in [5.74, 6) is -2.17. The minimum Gasteiger partial charge on any atom is -0.478 e. The van der Waals surface area contributed by atoms with Crippen LogP contribution in [-0.4, -0.2) is 17.2 Å². The Morgan fingerprint density at radius 2 is 2.12 bits per heavy atom. The van der Waals surface area contributed by atoms with E-state index in [0.717, 1.165) is 6.07 Å². The molecular formula is C11H12ClFO3. The van der Waals surface area contributed by atoms with Gasteiger partial charge in [0.15, 0.2) is 17.7 Å². The lowest BCUT2D eigenvalue weighted by Gasteiger charge is -2.18. The van der Waals surface area contributed by atoms with Crippen molar-refractivity contribution in [2.75, 3.05) is 0 Å². The molecule has 1 aromatic carbocycles. The van der Waals surface area contributed by atoms with E-state index in [1.54, 1.807) is 13.8 Å². The van der Waals surface area contributed by atoms with E-state index in [-0.39, 0.29) is 11.7 Å². The zero-order valence-corrected chi connectivity index (χ0v) is 9.66. The Hall–Kier alpha value is -1.29. The summed E-state index contributed by atoms with van der Waals surface area (Å²) in [6, 6.07) is 3.76. The van der Waals surface area contributed by atoms with Gasteiger partial charge in [-0.2, -0.15) is 0 Å². The van der Waals surface area contributed by atoms with Crippen LogP contribution in [0.2, 0.25) is 5.02 Å². The molecule has 0 aliphatic heterocycles. The molecule has 0 aromatic heterocycles. The van der Waals surface area contributed by atoms with E-state index in [1.165, 1.54) is 12.1 Å². The number of hydrogen-bond donors (Lipinski definition) is 1. The van der Waals surface area contributed by atoms with Crippen molar-refractivity contribution in [3.8, 4) is 5.75 Å². The summed E-state index contributed by atoms with van der Waals surface area (Å²) in [6.07, 6.45) is -1.09. The van der Waals surface area contributed by atoms with E-state index in [2.05, 4.69) is 0 Å². The first-order valence-corrected chi connectivity index (χ1v) is 5.14. The Kier molecular flexibility index (Phi) is 4.12. The molecule has 1 atom stereocenters. The molecule has 1 rings (SSSR count). The first-order valence-electron chi connectivity index (χ1n) is 4.76. The van der Waals surface area contributed by atoms with Crippen LogP contribution >= 0.6 is 11.6 Å². The number of carboxylic acids is 1. The highest BCUT2D eigenvalue weighted by Gasteiger charge is 2.24. The van der Waals surface area contributed by atoms with Crippen LogP contribution in [0.25, 0.3) is 0 Å². The summed E-state index contributed by atoms with van der Waals surface area (Å²) in [6.45, 7) is 3.36. The van der Waals surface area contributed by atoms with Gasteiger partial charge in [-0.15, -0.1) is 0 Å². The van der Waals surface area contributed by atoms with Crippen LogP contribution in [0.15, 0.2) is 18.2 Å². The van der Waals surface area contributed by atoms with Gasteiger partial charge in [0.2, 0.25) is 0 Å². The first-order chi connectivity index (χ1) is 7.41. The number of carbonyl (C=O) groups is 1. The third-order valence-electron chi connectivity index (χ3n) is 2.00. The van der Waals surface area contributed by atoms with Crippen molar-refractivity contribution in [2.45, 2.75) is 20.0 Å². The molecule has 1 aromatic rings. The fourth-order valence-electron chi connectivity index (χ4n) is 1.18. The number of ether oxygens (including phenoxy) is 1. The zero-order valence-electron chi connectivity index (χ0n) is 8.91. The molecule has 0 bridgehead atoms. The molecule has 0 amide bonds. The molecule has 0 fully saturated rings. The van der Waals surface area contributed by atoms with Crippen molar-refractivity contribution in [3.63, 3.8) is 0 Å². The monoisotopic (exact) mass is 246 g/mol. The van der Waals surface area contributed by atoms with Gasteiger partial charge in [0.25, 0.3) is 0 Å². The van der Waals surface area contributed by atoms with Crippen LogP contribution in [0.1, 0.15) is 13.8 Å². The van der Waals surface area contributed by atoms with E-state index in [1.807, 2.05) is 0 Å². The van der Waals surface area contributed by atoms with Crippen LogP contribution in [0, 0.1) is 11.7 Å². The Morgan fingerprint density at radius 3 is 2.62 bits per heavy atom. The molecule has 0 aliphatic carbocycles. The molecular weight excluding hydrogens is 235 g/mol. The van der Waals surface area contributed by atoms with Crippen LogP contribution in [0.5, 0.6) is 5.75 Å². The van der Waals surface area contributed by atoms with Gasteiger partial charge in [-0.1, -0.05) is 25.4 Å². The average molecular weight is 247 g/mol. The lowest BCUT2D eigenvalue weighted by atomic mass is 10.1. The summed E-state index contributed by atoms with van der Waals surface area (Å²) < 4.78 is 18.4. The second-order valence-electron chi connectivity index (χ2n) is 3.70. The normalized spacial score (nSPS) is 12.6. The average Bonchev–Trinajstić information content (AvgIpc) is 2.18. The molecule has 5 heteroatoms. The molecule has 88 valence electrons. The molecule has 3 nitrogen and oxygen atoms in total. The van der Waals surface area contributed by atoms with Crippen molar-refractivity contribution in [1.29, 1.82) is 0 Å². The molecule has 16 heavy (non-hydrogen) atoms. The smallest absolute Gasteiger partial charge is 0.345 e. The third-order valence-corrected chi connectivity index (χ3v) is 2.23. The van der Waals surface area contributed by atoms with E-state index < -0.39 is 17.9 Å². The van der Waals surface area contributed by atoms with Crippen LogP contribution in [-0.2, 0) is 4.79 Å². The predicted octanol–water partition coefficient (Wildman–Crippen LogP) is 2.97. The predicted molar refractivity (Wildman–Crippen MR) is 58.3 cm³/mol. The molecule has 0 saturated carbocycles. The molecule has 0 saturated heterocycles. The first kappa shape index (κ1) is 12.8. The molecule has 0 aliphatic rings. The minimum absolute atomic E-state index is 0.145. The number of rotatable bonds is 4. The van der Waals surface area contributed by atoms with Crippen LogP contribution < -0.4 is 4.74 Å². The number of benzene rings is 1. The fraction of sp³-hybridized carbons (Fsp3) is 0.364. The molecule has 0 radical (unpaired) electrons. The Morgan fingerprint density at radius 1 is 1.50 bits per heavy atom. The molecule has 1 N–H and O–H groups in total. The largest absolute Gasteiger partial charge is 0.478 e. The molecule has 1 unspecified atom stereocenters. The lowest BCUT2D eigenvalue weighted by molar-refractivity contribution is -0.147. The maximum atomic E-state index is 13.3. The summed E-state index contributed by atoms with van der Waals surface area (Å²) in [4.78, 5) is 10.9. The highest BCUT2D eigenvalue weighted by molar-refractivity contribution is 6.30. The second kappa shape index (κ2) is 5.16. The van der Waals surface area contributed by atoms with Crippen LogP contribution in [0.4, 0.5) is 4.39 Å². The lowest BCUT2D eigenvalue weighted by Crippen LogP contribution is -2.32. The number of hydrogen-bond acceptors (Lipinski definition) is 2. The molecule has 0 heterocycles. The van der Waals surface area contributed by atoms with Gasteiger partial charge in [0.05, 0.1) is 0 Å². The Bertz CT molecular complexity index is 393. The third kappa shape index (κ3) is 3.10. The quantitative estimate of drug-likeness (QED) is 0.888. The van der Waals surface area contributed by atoms with E-state index in [0.29, 0.717) is 5.02 Å². The number of halogens is 2. The standard InChI is InChI=1S/C11H12ClFO3/c1-6(2)10(11(14)15)16-9-5-7(12)3-4-8(9)13/h3-6,10H,1-2H3,(H,14,15).